The van der Waals surface area contributed by atoms with Gasteiger partial charge in [0, 0.05) is 19.3 Å². The number of hydrogen-bond donors (Lipinski definition) is 0. The standard InChI is InChI=1S/C7H5ClN2O2/c1-10-6-5(12-7(10)11)2-4(8)3-9-6/h2-3H,1H3. The molecular formula is C7H5ClN2O2. The maximum atomic E-state index is 11.0. The third-order valence-electron chi connectivity index (χ3n) is 1.59. The quantitative estimate of drug-likeness (QED) is 0.618. The molecular weight excluding hydrogens is 180 g/mol. The Labute approximate surface area is 72.4 Å². The molecule has 0 spiro atoms. The predicted molar refractivity (Wildman–Crippen MR) is 44.3 cm³/mol. The van der Waals surface area contributed by atoms with Gasteiger partial charge in [0.15, 0.2) is 11.2 Å². The highest BCUT2D eigenvalue weighted by Crippen LogP contribution is 2.14. The molecule has 0 fully saturated rings. The molecule has 0 saturated carbocycles. The minimum absolute atomic E-state index is 0.412. The average molecular weight is 185 g/mol. The predicted octanol–water partition coefficient (Wildman–Crippen LogP) is 1.18. The number of halogens is 1. The van der Waals surface area contributed by atoms with Gasteiger partial charge in [0.1, 0.15) is 0 Å². The van der Waals surface area contributed by atoms with E-state index < -0.39 is 5.76 Å². The Kier molecular flexibility index (Phi) is 1.44. The fourth-order valence-corrected chi connectivity index (χ4v) is 1.14. The summed E-state index contributed by atoms with van der Waals surface area (Å²) in [6.07, 6.45) is 1.47. The van der Waals surface area contributed by atoms with Gasteiger partial charge in [-0.1, -0.05) is 11.6 Å². The normalized spacial score (nSPS) is 10.8. The van der Waals surface area contributed by atoms with Crippen LogP contribution in [0, 0.1) is 0 Å². The molecule has 0 aliphatic heterocycles. The number of hydrogen-bond acceptors (Lipinski definition) is 3. The van der Waals surface area contributed by atoms with E-state index in [4.69, 9.17) is 16.0 Å². The van der Waals surface area contributed by atoms with E-state index in [2.05, 4.69) is 4.98 Å². The van der Waals surface area contributed by atoms with Crippen LogP contribution in [-0.4, -0.2) is 9.55 Å². The summed E-state index contributed by atoms with van der Waals surface area (Å²) in [7, 11) is 1.59. The molecule has 2 heterocycles. The Hall–Kier alpha value is -1.29. The molecule has 2 aromatic rings. The van der Waals surface area contributed by atoms with E-state index >= 15 is 0 Å². The van der Waals surface area contributed by atoms with Gasteiger partial charge in [-0.15, -0.1) is 0 Å². The van der Waals surface area contributed by atoms with Crippen molar-refractivity contribution in [3.05, 3.63) is 27.8 Å². The molecule has 5 heteroatoms. The summed E-state index contributed by atoms with van der Waals surface area (Å²) in [5.41, 5.74) is 0.916. The molecule has 2 rings (SSSR count). The molecule has 0 unspecified atom stereocenters. The first-order valence-electron chi connectivity index (χ1n) is 3.29. The van der Waals surface area contributed by atoms with Crippen LogP contribution in [0.4, 0.5) is 0 Å². The molecule has 0 radical (unpaired) electrons. The zero-order valence-electron chi connectivity index (χ0n) is 6.24. The summed E-state index contributed by atoms with van der Waals surface area (Å²) in [5, 5.41) is 0.455. The summed E-state index contributed by atoms with van der Waals surface area (Å²) >= 11 is 5.65. The monoisotopic (exact) mass is 184 g/mol. The smallest absolute Gasteiger partial charge is 0.406 e. The highest BCUT2D eigenvalue weighted by atomic mass is 35.5. The Morgan fingerprint density at radius 3 is 3.17 bits per heavy atom. The molecule has 12 heavy (non-hydrogen) atoms. The minimum Gasteiger partial charge on any atom is -0.406 e. The molecule has 0 aliphatic carbocycles. The lowest BCUT2D eigenvalue weighted by Crippen LogP contribution is -2.08. The van der Waals surface area contributed by atoms with Gasteiger partial charge in [-0.05, 0) is 0 Å². The van der Waals surface area contributed by atoms with E-state index in [1.165, 1.54) is 10.8 Å². The van der Waals surface area contributed by atoms with Crippen molar-refractivity contribution in [1.82, 2.24) is 9.55 Å². The Morgan fingerprint density at radius 1 is 1.67 bits per heavy atom. The van der Waals surface area contributed by atoms with Crippen molar-refractivity contribution in [3.63, 3.8) is 0 Å². The summed E-state index contributed by atoms with van der Waals surface area (Å²) in [5.74, 6) is -0.431. The second kappa shape index (κ2) is 2.35. The van der Waals surface area contributed by atoms with Gasteiger partial charge in [-0.3, -0.25) is 4.57 Å². The molecule has 0 amide bonds. The summed E-state index contributed by atoms with van der Waals surface area (Å²) in [4.78, 5) is 14.9. The van der Waals surface area contributed by atoms with Crippen LogP contribution >= 0.6 is 11.6 Å². The summed E-state index contributed by atoms with van der Waals surface area (Å²) < 4.78 is 6.17. The second-order valence-corrected chi connectivity index (χ2v) is 2.84. The molecule has 4 nitrogen and oxygen atoms in total. The van der Waals surface area contributed by atoms with E-state index in [1.807, 2.05) is 0 Å². The lowest BCUT2D eigenvalue weighted by atomic mass is 10.4. The molecule has 0 N–H and O–H groups in total. The van der Waals surface area contributed by atoms with E-state index in [9.17, 15) is 4.79 Å². The van der Waals surface area contributed by atoms with Crippen LogP contribution in [0.5, 0.6) is 0 Å². The molecule has 0 atom stereocenters. The highest BCUT2D eigenvalue weighted by Gasteiger charge is 2.06. The minimum atomic E-state index is -0.431. The van der Waals surface area contributed by atoms with Gasteiger partial charge < -0.3 is 4.42 Å². The molecule has 0 saturated heterocycles. The van der Waals surface area contributed by atoms with Crippen LogP contribution in [0.25, 0.3) is 11.2 Å². The van der Waals surface area contributed by atoms with Crippen LogP contribution in [0.1, 0.15) is 0 Å². The first kappa shape index (κ1) is 7.36. The van der Waals surface area contributed by atoms with Crippen LogP contribution in [0.2, 0.25) is 5.02 Å². The van der Waals surface area contributed by atoms with Crippen LogP contribution < -0.4 is 5.76 Å². The first-order valence-corrected chi connectivity index (χ1v) is 3.67. The van der Waals surface area contributed by atoms with Crippen molar-refractivity contribution in [2.75, 3.05) is 0 Å². The third-order valence-corrected chi connectivity index (χ3v) is 1.80. The van der Waals surface area contributed by atoms with Crippen molar-refractivity contribution in [1.29, 1.82) is 0 Å². The van der Waals surface area contributed by atoms with E-state index in [1.54, 1.807) is 13.1 Å². The van der Waals surface area contributed by atoms with Crippen molar-refractivity contribution in [2.45, 2.75) is 0 Å². The molecule has 62 valence electrons. The Morgan fingerprint density at radius 2 is 2.42 bits per heavy atom. The first-order chi connectivity index (χ1) is 5.68. The van der Waals surface area contributed by atoms with Gasteiger partial charge in [0.2, 0.25) is 0 Å². The van der Waals surface area contributed by atoms with Crippen molar-refractivity contribution in [3.8, 4) is 0 Å². The topological polar surface area (TPSA) is 48.0 Å². The number of rotatable bonds is 0. The number of fused-ring (bicyclic) bond motifs is 1. The lowest BCUT2D eigenvalue weighted by Gasteiger charge is -1.89. The van der Waals surface area contributed by atoms with Gasteiger partial charge in [-0.2, -0.15) is 0 Å². The van der Waals surface area contributed by atoms with Crippen LogP contribution in [0.15, 0.2) is 21.5 Å². The fourth-order valence-electron chi connectivity index (χ4n) is 0.989. The van der Waals surface area contributed by atoms with Crippen LogP contribution in [-0.2, 0) is 7.05 Å². The lowest BCUT2D eigenvalue weighted by molar-refractivity contribution is 0.528. The number of nitrogens with zero attached hydrogens (tertiary/aromatic N) is 2. The Balaban J connectivity index is 2.96. The Bertz CT molecular complexity index is 486. The highest BCUT2D eigenvalue weighted by molar-refractivity contribution is 6.30. The number of aryl methyl sites for hydroxylation is 1. The number of aromatic nitrogens is 2. The van der Waals surface area contributed by atoms with Crippen molar-refractivity contribution in [2.24, 2.45) is 7.05 Å². The SMILES string of the molecule is Cn1c(=O)oc2cc(Cl)cnc21. The van der Waals surface area contributed by atoms with Gasteiger partial charge in [0.05, 0.1) is 5.02 Å². The second-order valence-electron chi connectivity index (χ2n) is 2.40. The van der Waals surface area contributed by atoms with E-state index in [-0.39, 0.29) is 0 Å². The summed E-state index contributed by atoms with van der Waals surface area (Å²) in [6.45, 7) is 0. The maximum absolute atomic E-state index is 11.0. The van der Waals surface area contributed by atoms with Gasteiger partial charge >= 0.3 is 5.76 Å². The maximum Gasteiger partial charge on any atom is 0.420 e. The third kappa shape index (κ3) is 0.921. The molecule has 2 aromatic heterocycles. The largest absolute Gasteiger partial charge is 0.420 e. The van der Waals surface area contributed by atoms with E-state index in [0.29, 0.717) is 16.3 Å². The van der Waals surface area contributed by atoms with Crippen LogP contribution in [0.3, 0.4) is 0 Å². The summed E-state index contributed by atoms with van der Waals surface area (Å²) in [6, 6.07) is 1.56. The fraction of sp³-hybridized carbons (Fsp3) is 0.143. The number of oxazole rings is 1. The van der Waals surface area contributed by atoms with Gasteiger partial charge in [-0.25, -0.2) is 9.78 Å². The zero-order chi connectivity index (χ0) is 8.72. The van der Waals surface area contributed by atoms with E-state index in [0.717, 1.165) is 0 Å². The van der Waals surface area contributed by atoms with Gasteiger partial charge in [0.25, 0.3) is 0 Å². The average Bonchev–Trinajstić information content (AvgIpc) is 2.28. The number of pyridine rings is 1. The zero-order valence-corrected chi connectivity index (χ0v) is 7.00. The van der Waals surface area contributed by atoms with Crippen molar-refractivity contribution >= 4 is 22.8 Å². The molecule has 0 aromatic carbocycles. The van der Waals surface area contributed by atoms with Crippen molar-refractivity contribution < 1.29 is 4.42 Å². The molecule has 0 aliphatic rings. The molecule has 0 bridgehead atoms.